The zero-order valence-corrected chi connectivity index (χ0v) is 10.6. The van der Waals surface area contributed by atoms with Crippen molar-refractivity contribution in [2.24, 2.45) is 0 Å². The van der Waals surface area contributed by atoms with Gasteiger partial charge in [0.15, 0.2) is 11.5 Å². The topological polar surface area (TPSA) is 30.5 Å². The molecule has 0 amide bonds. The maximum atomic E-state index is 6.30. The molecule has 3 rings (SSSR count). The Hall–Kier alpha value is -0.930. The molecule has 1 N–H and O–H groups in total. The molecule has 0 bridgehead atoms. The van der Waals surface area contributed by atoms with Crippen LogP contribution < -0.4 is 14.8 Å². The SMILES string of the molecule is Cc1c(CC2CCCN2)cc2c(c1Cl)OCO2. The molecule has 1 saturated heterocycles. The first-order valence-electron chi connectivity index (χ1n) is 6.06. The van der Waals surface area contributed by atoms with E-state index in [0.29, 0.717) is 16.8 Å². The number of hydrogen-bond donors (Lipinski definition) is 1. The maximum Gasteiger partial charge on any atom is 0.231 e. The van der Waals surface area contributed by atoms with E-state index in [1.807, 2.05) is 0 Å². The molecule has 0 aromatic heterocycles. The van der Waals surface area contributed by atoms with Gasteiger partial charge in [0.2, 0.25) is 6.79 Å². The Morgan fingerprint density at radius 3 is 3.12 bits per heavy atom. The highest BCUT2D eigenvalue weighted by Crippen LogP contribution is 2.42. The summed E-state index contributed by atoms with van der Waals surface area (Å²) in [5.74, 6) is 1.49. The second kappa shape index (κ2) is 4.39. The fraction of sp³-hybridized carbons (Fsp3) is 0.538. The molecule has 3 nitrogen and oxygen atoms in total. The molecule has 2 aliphatic heterocycles. The van der Waals surface area contributed by atoms with Crippen LogP contribution in [-0.2, 0) is 6.42 Å². The lowest BCUT2D eigenvalue weighted by Crippen LogP contribution is -2.24. The average molecular weight is 254 g/mol. The summed E-state index contributed by atoms with van der Waals surface area (Å²) < 4.78 is 10.8. The van der Waals surface area contributed by atoms with Gasteiger partial charge in [-0.25, -0.2) is 0 Å². The Labute approximate surface area is 106 Å². The van der Waals surface area contributed by atoms with Crippen LogP contribution >= 0.6 is 11.6 Å². The highest BCUT2D eigenvalue weighted by atomic mass is 35.5. The van der Waals surface area contributed by atoms with Crippen molar-refractivity contribution in [3.63, 3.8) is 0 Å². The Balaban J connectivity index is 1.91. The Morgan fingerprint density at radius 1 is 1.47 bits per heavy atom. The van der Waals surface area contributed by atoms with E-state index in [1.165, 1.54) is 18.4 Å². The molecule has 2 aliphatic rings. The minimum atomic E-state index is 0.277. The Kier molecular flexibility index (Phi) is 2.89. The van der Waals surface area contributed by atoms with Gasteiger partial charge in [0, 0.05) is 6.04 Å². The molecule has 0 spiro atoms. The minimum absolute atomic E-state index is 0.277. The van der Waals surface area contributed by atoms with Gasteiger partial charge < -0.3 is 14.8 Å². The molecule has 1 atom stereocenters. The molecule has 0 radical (unpaired) electrons. The van der Waals surface area contributed by atoms with Crippen LogP contribution in [0.5, 0.6) is 11.5 Å². The quantitative estimate of drug-likeness (QED) is 0.879. The van der Waals surface area contributed by atoms with Crippen LogP contribution in [0.4, 0.5) is 0 Å². The van der Waals surface area contributed by atoms with Crippen molar-refractivity contribution in [1.82, 2.24) is 5.32 Å². The van der Waals surface area contributed by atoms with Crippen molar-refractivity contribution in [3.8, 4) is 11.5 Å². The standard InChI is InChI=1S/C13H16ClNO2/c1-8-9(5-10-3-2-4-15-10)6-11-13(12(8)14)17-7-16-11/h6,10,15H,2-5,7H2,1H3. The van der Waals surface area contributed by atoms with Crippen molar-refractivity contribution >= 4 is 11.6 Å². The van der Waals surface area contributed by atoms with Gasteiger partial charge in [0.1, 0.15) is 0 Å². The first kappa shape index (κ1) is 11.2. The summed E-state index contributed by atoms with van der Waals surface area (Å²) in [7, 11) is 0. The van der Waals surface area contributed by atoms with Gasteiger partial charge in [-0.2, -0.15) is 0 Å². The van der Waals surface area contributed by atoms with Gasteiger partial charge in [-0.05, 0) is 49.9 Å². The summed E-state index contributed by atoms with van der Waals surface area (Å²) in [6.07, 6.45) is 3.52. The third kappa shape index (κ3) is 1.98. The third-order valence-corrected chi connectivity index (χ3v) is 4.04. The zero-order valence-electron chi connectivity index (χ0n) is 9.88. The van der Waals surface area contributed by atoms with Crippen molar-refractivity contribution in [2.75, 3.05) is 13.3 Å². The van der Waals surface area contributed by atoms with Gasteiger partial charge in [-0.15, -0.1) is 0 Å². The van der Waals surface area contributed by atoms with Gasteiger partial charge in [0.25, 0.3) is 0 Å². The highest BCUT2D eigenvalue weighted by molar-refractivity contribution is 6.33. The summed E-state index contributed by atoms with van der Waals surface area (Å²) in [6, 6.07) is 2.65. The summed E-state index contributed by atoms with van der Waals surface area (Å²) in [5.41, 5.74) is 2.38. The van der Waals surface area contributed by atoms with Gasteiger partial charge >= 0.3 is 0 Å². The van der Waals surface area contributed by atoms with Gasteiger partial charge in [0.05, 0.1) is 5.02 Å². The normalized spacial score (nSPS) is 22.1. The van der Waals surface area contributed by atoms with Crippen LogP contribution in [0.15, 0.2) is 6.07 Å². The smallest absolute Gasteiger partial charge is 0.231 e. The van der Waals surface area contributed by atoms with Crippen molar-refractivity contribution in [1.29, 1.82) is 0 Å². The van der Waals surface area contributed by atoms with Crippen molar-refractivity contribution < 1.29 is 9.47 Å². The highest BCUT2D eigenvalue weighted by Gasteiger charge is 2.23. The number of rotatable bonds is 2. The minimum Gasteiger partial charge on any atom is -0.454 e. The van der Waals surface area contributed by atoms with Crippen LogP contribution in [0.1, 0.15) is 24.0 Å². The molecule has 1 unspecified atom stereocenters. The van der Waals surface area contributed by atoms with E-state index >= 15 is 0 Å². The molecule has 1 aromatic rings. The van der Waals surface area contributed by atoms with Crippen LogP contribution in [-0.4, -0.2) is 19.4 Å². The molecule has 92 valence electrons. The van der Waals surface area contributed by atoms with Crippen LogP contribution in [0, 0.1) is 6.92 Å². The number of benzene rings is 1. The lowest BCUT2D eigenvalue weighted by atomic mass is 9.99. The molecule has 17 heavy (non-hydrogen) atoms. The maximum absolute atomic E-state index is 6.30. The number of nitrogens with one attached hydrogen (secondary N) is 1. The Bertz CT molecular complexity index is 442. The molecule has 1 aromatic carbocycles. The van der Waals surface area contributed by atoms with E-state index in [-0.39, 0.29) is 6.79 Å². The number of hydrogen-bond acceptors (Lipinski definition) is 3. The van der Waals surface area contributed by atoms with E-state index in [0.717, 1.165) is 24.3 Å². The van der Waals surface area contributed by atoms with Crippen LogP contribution in [0.25, 0.3) is 0 Å². The third-order valence-electron chi connectivity index (χ3n) is 3.59. The van der Waals surface area contributed by atoms with Crippen LogP contribution in [0.2, 0.25) is 5.02 Å². The summed E-state index contributed by atoms with van der Waals surface area (Å²) >= 11 is 6.30. The van der Waals surface area contributed by atoms with E-state index in [4.69, 9.17) is 21.1 Å². The zero-order chi connectivity index (χ0) is 11.8. The van der Waals surface area contributed by atoms with E-state index in [1.54, 1.807) is 0 Å². The fourth-order valence-electron chi connectivity index (χ4n) is 2.55. The molecule has 0 aliphatic carbocycles. The van der Waals surface area contributed by atoms with Crippen molar-refractivity contribution in [2.45, 2.75) is 32.2 Å². The molecular weight excluding hydrogens is 238 g/mol. The summed E-state index contributed by atoms with van der Waals surface area (Å²) in [5, 5.41) is 4.21. The second-order valence-corrected chi connectivity index (χ2v) is 5.08. The van der Waals surface area contributed by atoms with Crippen molar-refractivity contribution in [3.05, 3.63) is 22.2 Å². The fourth-order valence-corrected chi connectivity index (χ4v) is 2.82. The van der Waals surface area contributed by atoms with E-state index in [9.17, 15) is 0 Å². The predicted octanol–water partition coefficient (Wildman–Crippen LogP) is 2.67. The first-order chi connectivity index (χ1) is 8.25. The Morgan fingerprint density at radius 2 is 2.35 bits per heavy atom. The molecule has 1 fully saturated rings. The van der Waals surface area contributed by atoms with Crippen LogP contribution in [0.3, 0.4) is 0 Å². The predicted molar refractivity (Wildman–Crippen MR) is 67.0 cm³/mol. The first-order valence-corrected chi connectivity index (χ1v) is 6.44. The van der Waals surface area contributed by atoms with Gasteiger partial charge in [-0.1, -0.05) is 11.6 Å². The largest absolute Gasteiger partial charge is 0.454 e. The monoisotopic (exact) mass is 253 g/mol. The summed E-state index contributed by atoms with van der Waals surface area (Å²) in [6.45, 7) is 3.45. The number of ether oxygens (including phenoxy) is 2. The number of fused-ring (bicyclic) bond motifs is 1. The lowest BCUT2D eigenvalue weighted by molar-refractivity contribution is 0.174. The summed E-state index contributed by atoms with van der Waals surface area (Å²) in [4.78, 5) is 0. The van der Waals surface area contributed by atoms with E-state index in [2.05, 4.69) is 18.3 Å². The van der Waals surface area contributed by atoms with Gasteiger partial charge in [-0.3, -0.25) is 0 Å². The molecule has 2 heterocycles. The molecular formula is C13H16ClNO2. The molecule has 0 saturated carbocycles. The lowest BCUT2D eigenvalue weighted by Gasteiger charge is -2.14. The second-order valence-electron chi connectivity index (χ2n) is 4.71. The number of halogens is 1. The molecule has 4 heteroatoms. The van der Waals surface area contributed by atoms with E-state index < -0.39 is 0 Å². The average Bonchev–Trinajstić information content (AvgIpc) is 2.96.